The molecule has 0 saturated heterocycles. The molecule has 8 heteroatoms. The van der Waals surface area contributed by atoms with Crippen LogP contribution in [0.4, 0.5) is 0 Å². The Balaban J connectivity index is 3.11. The van der Waals surface area contributed by atoms with Gasteiger partial charge in [-0.15, -0.1) is 0 Å². The van der Waals surface area contributed by atoms with Gasteiger partial charge in [0.2, 0.25) is 0 Å². The molecule has 0 fully saturated rings. The second-order valence-corrected chi connectivity index (χ2v) is 3.68. The molecule has 0 amide bonds. The lowest BCUT2D eigenvalue weighted by molar-refractivity contribution is -0.156. The van der Waals surface area contributed by atoms with E-state index in [2.05, 4.69) is 9.72 Å². The first kappa shape index (κ1) is 14.4. The van der Waals surface area contributed by atoms with Crippen LogP contribution in [0.25, 0.3) is 0 Å². The number of aromatic carboxylic acids is 1. The second kappa shape index (κ2) is 5.76. The van der Waals surface area contributed by atoms with Crippen molar-refractivity contribution in [2.24, 2.45) is 0 Å². The quantitative estimate of drug-likeness (QED) is 0.523. The minimum atomic E-state index is -1.88. The highest BCUT2D eigenvalue weighted by molar-refractivity contribution is 6.30. The number of carboxylic acids is 1. The lowest BCUT2D eigenvalue weighted by atomic mass is 10.0. The van der Waals surface area contributed by atoms with Gasteiger partial charge >= 0.3 is 11.9 Å². The molecule has 0 saturated carbocycles. The predicted octanol–water partition coefficient (Wildman–Crippen LogP) is 0.000500. The molecule has 2 unspecified atom stereocenters. The van der Waals surface area contributed by atoms with Gasteiger partial charge in [-0.05, 0) is 6.07 Å². The van der Waals surface area contributed by atoms with Gasteiger partial charge in [0.15, 0.2) is 6.10 Å². The van der Waals surface area contributed by atoms with Gasteiger partial charge < -0.3 is 20.1 Å². The molecule has 0 bridgehead atoms. The first-order valence-corrected chi connectivity index (χ1v) is 5.09. The van der Waals surface area contributed by atoms with Crippen molar-refractivity contribution in [3.05, 3.63) is 28.5 Å². The van der Waals surface area contributed by atoms with E-state index in [1.807, 2.05) is 0 Å². The smallest absolute Gasteiger partial charge is 0.337 e. The Morgan fingerprint density at radius 1 is 1.44 bits per heavy atom. The number of nitrogens with zero attached hydrogens (tertiary/aromatic N) is 1. The minimum absolute atomic E-state index is 0.172. The number of carboxylic acid groups (broad SMARTS) is 1. The number of hydrogen-bond donors (Lipinski definition) is 3. The zero-order valence-corrected chi connectivity index (χ0v) is 9.96. The van der Waals surface area contributed by atoms with Crippen LogP contribution in [0.1, 0.15) is 22.0 Å². The zero-order valence-electron chi connectivity index (χ0n) is 9.20. The molecule has 98 valence electrons. The lowest BCUT2D eigenvalue weighted by Gasteiger charge is -2.16. The number of carbonyl (C=O) groups is 2. The van der Waals surface area contributed by atoms with E-state index in [1.54, 1.807) is 0 Å². The molecular weight excluding hydrogens is 266 g/mol. The van der Waals surface area contributed by atoms with E-state index in [9.17, 15) is 19.8 Å². The Morgan fingerprint density at radius 3 is 2.56 bits per heavy atom. The lowest BCUT2D eigenvalue weighted by Crippen LogP contribution is -2.29. The Kier molecular flexibility index (Phi) is 4.60. The molecular formula is C10H10ClNO6. The van der Waals surface area contributed by atoms with Crippen LogP contribution in [-0.4, -0.2) is 45.5 Å². The molecule has 0 aliphatic carbocycles. The van der Waals surface area contributed by atoms with Gasteiger partial charge in [0.25, 0.3) is 0 Å². The van der Waals surface area contributed by atoms with Crippen molar-refractivity contribution in [1.82, 2.24) is 4.98 Å². The summed E-state index contributed by atoms with van der Waals surface area (Å²) in [7, 11) is 1.03. The fourth-order valence-corrected chi connectivity index (χ4v) is 1.42. The number of aliphatic hydroxyl groups is 2. The van der Waals surface area contributed by atoms with E-state index in [0.717, 1.165) is 19.4 Å². The van der Waals surface area contributed by atoms with Crippen LogP contribution in [0.5, 0.6) is 0 Å². The zero-order chi connectivity index (χ0) is 13.9. The molecule has 1 aromatic heterocycles. The SMILES string of the molecule is COC(=O)C(O)C(O)c1cc(C(=O)O)cnc1Cl. The largest absolute Gasteiger partial charge is 0.478 e. The van der Waals surface area contributed by atoms with Crippen molar-refractivity contribution in [2.75, 3.05) is 7.11 Å². The van der Waals surface area contributed by atoms with Crippen molar-refractivity contribution in [3.8, 4) is 0 Å². The number of aromatic nitrogens is 1. The maximum absolute atomic E-state index is 11.0. The van der Waals surface area contributed by atoms with Crippen LogP contribution in [0.15, 0.2) is 12.3 Å². The first-order valence-electron chi connectivity index (χ1n) is 4.71. The van der Waals surface area contributed by atoms with Crippen LogP contribution < -0.4 is 0 Å². The maximum Gasteiger partial charge on any atom is 0.337 e. The summed E-state index contributed by atoms with van der Waals surface area (Å²) in [6.45, 7) is 0. The van der Waals surface area contributed by atoms with Gasteiger partial charge in [-0.2, -0.15) is 0 Å². The molecule has 0 spiro atoms. The number of pyridine rings is 1. The molecule has 1 rings (SSSR count). The number of hydrogen-bond acceptors (Lipinski definition) is 6. The molecule has 2 atom stereocenters. The van der Waals surface area contributed by atoms with Crippen LogP contribution in [0.2, 0.25) is 5.15 Å². The van der Waals surface area contributed by atoms with Crippen LogP contribution in [0, 0.1) is 0 Å². The van der Waals surface area contributed by atoms with E-state index < -0.39 is 24.1 Å². The molecule has 18 heavy (non-hydrogen) atoms. The maximum atomic E-state index is 11.0. The fraction of sp³-hybridized carbons (Fsp3) is 0.300. The van der Waals surface area contributed by atoms with Crippen molar-refractivity contribution < 1.29 is 29.6 Å². The summed E-state index contributed by atoms with van der Waals surface area (Å²) in [6.07, 6.45) is -2.61. The number of halogens is 1. The van der Waals surface area contributed by atoms with E-state index in [-0.39, 0.29) is 16.3 Å². The average molecular weight is 276 g/mol. The summed E-state index contributed by atoms with van der Waals surface area (Å²) >= 11 is 5.66. The summed E-state index contributed by atoms with van der Waals surface area (Å²) < 4.78 is 4.24. The molecule has 0 aliphatic heterocycles. The molecule has 1 aromatic rings. The molecule has 0 radical (unpaired) electrons. The van der Waals surface area contributed by atoms with Crippen molar-refractivity contribution >= 4 is 23.5 Å². The second-order valence-electron chi connectivity index (χ2n) is 3.32. The predicted molar refractivity (Wildman–Crippen MR) is 59.2 cm³/mol. The van der Waals surface area contributed by atoms with E-state index in [1.165, 1.54) is 0 Å². The van der Waals surface area contributed by atoms with Crippen LogP contribution >= 0.6 is 11.6 Å². The van der Waals surface area contributed by atoms with Gasteiger partial charge in [-0.25, -0.2) is 14.6 Å². The molecule has 0 aliphatic rings. The summed E-state index contributed by atoms with van der Waals surface area (Å²) in [5, 5.41) is 27.7. The topological polar surface area (TPSA) is 117 Å². The first-order chi connectivity index (χ1) is 8.38. The summed E-state index contributed by atoms with van der Waals surface area (Å²) in [6, 6.07) is 1.02. The van der Waals surface area contributed by atoms with Gasteiger partial charge in [0.05, 0.1) is 12.7 Å². The van der Waals surface area contributed by atoms with Crippen molar-refractivity contribution in [3.63, 3.8) is 0 Å². The number of ether oxygens (including phenoxy) is 1. The highest BCUT2D eigenvalue weighted by Crippen LogP contribution is 2.25. The number of carbonyl (C=O) groups excluding carboxylic acids is 1. The fourth-order valence-electron chi connectivity index (χ4n) is 1.21. The molecule has 0 aromatic carbocycles. The third-order valence-electron chi connectivity index (χ3n) is 2.17. The van der Waals surface area contributed by atoms with E-state index in [0.29, 0.717) is 0 Å². The third kappa shape index (κ3) is 2.95. The number of methoxy groups -OCH3 is 1. The Labute approximate surface area is 107 Å². The van der Waals surface area contributed by atoms with Crippen LogP contribution in [0.3, 0.4) is 0 Å². The van der Waals surface area contributed by atoms with Gasteiger partial charge in [0.1, 0.15) is 11.3 Å². The number of esters is 1. The average Bonchev–Trinajstić information content (AvgIpc) is 2.36. The molecule has 7 nitrogen and oxygen atoms in total. The Morgan fingerprint density at radius 2 is 2.06 bits per heavy atom. The molecule has 1 heterocycles. The standard InChI is InChI=1S/C10H10ClNO6/c1-18-10(17)7(14)6(13)5-2-4(9(15)16)3-12-8(5)11/h2-3,6-7,13-14H,1H3,(H,15,16). The monoisotopic (exact) mass is 275 g/mol. The van der Waals surface area contributed by atoms with Crippen molar-refractivity contribution in [1.29, 1.82) is 0 Å². The highest BCUT2D eigenvalue weighted by atomic mass is 35.5. The number of aliphatic hydroxyl groups excluding tert-OH is 2. The van der Waals surface area contributed by atoms with Crippen LogP contribution in [-0.2, 0) is 9.53 Å². The van der Waals surface area contributed by atoms with E-state index >= 15 is 0 Å². The summed E-state index contributed by atoms with van der Waals surface area (Å²) in [5.41, 5.74) is -0.403. The van der Waals surface area contributed by atoms with Gasteiger partial charge in [-0.1, -0.05) is 11.6 Å². The van der Waals surface area contributed by atoms with Gasteiger partial charge in [0, 0.05) is 11.8 Å². The van der Waals surface area contributed by atoms with Crippen molar-refractivity contribution in [2.45, 2.75) is 12.2 Å². The summed E-state index contributed by atoms with van der Waals surface area (Å²) in [5.74, 6) is -2.35. The molecule has 3 N–H and O–H groups in total. The van der Waals surface area contributed by atoms with E-state index in [4.69, 9.17) is 16.7 Å². The van der Waals surface area contributed by atoms with Gasteiger partial charge in [-0.3, -0.25) is 0 Å². The Bertz CT molecular complexity index is 477. The normalized spacial score (nSPS) is 13.8. The third-order valence-corrected chi connectivity index (χ3v) is 2.49. The summed E-state index contributed by atoms with van der Waals surface area (Å²) in [4.78, 5) is 25.3. The minimum Gasteiger partial charge on any atom is -0.478 e. The number of rotatable bonds is 4. The Hall–Kier alpha value is -1.70. The highest BCUT2D eigenvalue weighted by Gasteiger charge is 2.29.